The number of carbonyl (C=O) groups is 1. The molecule has 132 valence electrons. The summed E-state index contributed by atoms with van der Waals surface area (Å²) in [5.74, 6) is 3.43. The minimum atomic E-state index is -4.69. The van der Waals surface area contributed by atoms with E-state index in [-0.39, 0.29) is 0 Å². The minimum absolute atomic E-state index is 0.314. The van der Waals surface area contributed by atoms with Gasteiger partial charge in [0.15, 0.2) is 0 Å². The van der Waals surface area contributed by atoms with Crippen molar-refractivity contribution in [2.24, 2.45) is 23.7 Å². The third kappa shape index (κ3) is 3.30. The molecular weight excluding hydrogens is 322 g/mol. The number of piperidine rings is 2. The standard InChI is InChI=1S/C16H25NO.ClHO4/c1-11-8-12-9-15(18)14-5-3-7-17-6-2-4-13(12)16(14,17)10-11;2-1(3,4)5/h11-14H,2-10H2,1H3;(H,2,3,4,5)/t11?,12?,13?,14?,16-;/m1./s1. The van der Waals surface area contributed by atoms with Crippen molar-refractivity contribution in [2.75, 3.05) is 13.1 Å². The first-order valence-electron chi connectivity index (χ1n) is 8.63. The van der Waals surface area contributed by atoms with Gasteiger partial charge in [0.05, 0.1) is 14.9 Å². The van der Waals surface area contributed by atoms with Gasteiger partial charge in [0.25, 0.3) is 0 Å². The lowest BCUT2D eigenvalue weighted by Gasteiger charge is -2.65. The van der Waals surface area contributed by atoms with E-state index in [0.29, 0.717) is 17.2 Å². The van der Waals surface area contributed by atoms with Crippen LogP contribution in [0.5, 0.6) is 0 Å². The molecule has 2 heterocycles. The van der Waals surface area contributed by atoms with Gasteiger partial charge in [0.1, 0.15) is 5.78 Å². The highest BCUT2D eigenvalue weighted by molar-refractivity contribution is 5.84. The van der Waals surface area contributed by atoms with Crippen LogP contribution in [0.4, 0.5) is 0 Å². The van der Waals surface area contributed by atoms with Gasteiger partial charge in [0.2, 0.25) is 0 Å². The molecule has 7 heteroatoms. The monoisotopic (exact) mass is 347 g/mol. The summed E-state index contributed by atoms with van der Waals surface area (Å²) in [6.07, 6.45) is 8.75. The molecule has 4 unspecified atom stereocenters. The fourth-order valence-corrected chi connectivity index (χ4v) is 6.18. The Balaban J connectivity index is 0.000000276. The van der Waals surface area contributed by atoms with Crippen LogP contribution in [0.25, 0.3) is 0 Å². The van der Waals surface area contributed by atoms with Gasteiger partial charge in [-0.15, -0.1) is 0 Å². The summed E-state index contributed by atoms with van der Waals surface area (Å²) in [7, 11) is -4.69. The second-order valence-electron chi connectivity index (χ2n) is 7.79. The zero-order chi connectivity index (χ0) is 16.8. The maximum absolute atomic E-state index is 12.5. The van der Waals surface area contributed by atoms with Crippen molar-refractivity contribution in [3.8, 4) is 0 Å². The zero-order valence-electron chi connectivity index (χ0n) is 13.6. The molecule has 4 fully saturated rings. The Bertz CT molecular complexity index is 460. The van der Waals surface area contributed by atoms with Crippen LogP contribution in [0.1, 0.15) is 51.9 Å². The Morgan fingerprint density at radius 3 is 2.48 bits per heavy atom. The molecule has 4 rings (SSSR count). The summed E-state index contributed by atoms with van der Waals surface area (Å²) < 4.78 is 32.7. The zero-order valence-corrected chi connectivity index (χ0v) is 14.3. The third-order valence-corrected chi connectivity index (χ3v) is 6.50. The number of halogens is 1. The summed E-state index contributed by atoms with van der Waals surface area (Å²) in [5, 5.41) is 0. The van der Waals surface area contributed by atoms with Gasteiger partial charge in [0, 0.05) is 17.9 Å². The quantitative estimate of drug-likeness (QED) is 0.586. The highest BCUT2D eigenvalue weighted by Gasteiger charge is 2.62. The first-order valence-corrected chi connectivity index (χ1v) is 9.89. The van der Waals surface area contributed by atoms with E-state index in [1.807, 2.05) is 0 Å². The van der Waals surface area contributed by atoms with Crippen molar-refractivity contribution in [1.29, 1.82) is 0 Å². The maximum atomic E-state index is 12.5. The Labute approximate surface area is 139 Å². The first-order chi connectivity index (χ1) is 10.7. The number of ketones is 1. The molecule has 0 amide bonds. The van der Waals surface area contributed by atoms with Gasteiger partial charge in [-0.1, -0.05) is 6.92 Å². The molecule has 0 aromatic rings. The Kier molecular flexibility index (Phi) is 4.77. The molecule has 2 bridgehead atoms. The molecule has 1 N–H and O–H groups in total. The van der Waals surface area contributed by atoms with E-state index in [4.69, 9.17) is 18.6 Å². The van der Waals surface area contributed by atoms with E-state index in [2.05, 4.69) is 11.8 Å². The van der Waals surface area contributed by atoms with E-state index < -0.39 is 10.2 Å². The second-order valence-corrected chi connectivity index (χ2v) is 8.59. The first kappa shape index (κ1) is 17.6. The van der Waals surface area contributed by atoms with Crippen molar-refractivity contribution >= 4 is 5.78 Å². The summed E-state index contributed by atoms with van der Waals surface area (Å²) in [6.45, 7) is 4.95. The number of rotatable bonds is 0. The third-order valence-electron chi connectivity index (χ3n) is 6.50. The molecule has 2 aliphatic carbocycles. The second kappa shape index (κ2) is 6.24. The number of carbonyl (C=O) groups excluding carboxylic acids is 1. The number of Topliss-reactive ketones (excluding diaryl/α,β-unsaturated/α-hetero) is 1. The van der Waals surface area contributed by atoms with Crippen LogP contribution in [0.3, 0.4) is 0 Å². The van der Waals surface area contributed by atoms with Crippen LogP contribution >= 0.6 is 0 Å². The average Bonchev–Trinajstić information content (AvgIpc) is 2.41. The number of nitrogens with zero attached hydrogens (tertiary/aromatic N) is 1. The summed E-state index contributed by atoms with van der Waals surface area (Å²) >= 11 is 0. The molecule has 2 saturated heterocycles. The van der Waals surface area contributed by atoms with E-state index in [1.54, 1.807) is 0 Å². The molecule has 23 heavy (non-hydrogen) atoms. The Morgan fingerprint density at radius 1 is 1.22 bits per heavy atom. The van der Waals surface area contributed by atoms with Crippen LogP contribution in [-0.4, -0.2) is 34.0 Å². The normalized spacial score (nSPS) is 43.3. The molecule has 2 aliphatic heterocycles. The molecule has 2 saturated carbocycles. The Morgan fingerprint density at radius 2 is 1.83 bits per heavy atom. The molecule has 0 aromatic carbocycles. The SMILES string of the molecule is CC1CC2CC(=O)C3CCCN4CCCC2[C@]34C1.[O-][Cl+3]([O-])([O-])O. The van der Waals surface area contributed by atoms with Gasteiger partial charge >= 0.3 is 0 Å². The van der Waals surface area contributed by atoms with Gasteiger partial charge in [-0.05, 0) is 69.4 Å². The number of hydrogen-bond acceptors (Lipinski definition) is 6. The molecule has 4 aliphatic rings. The van der Waals surface area contributed by atoms with E-state index in [1.165, 1.54) is 51.6 Å². The van der Waals surface area contributed by atoms with Crippen molar-refractivity contribution in [3.05, 3.63) is 0 Å². The summed E-state index contributed by atoms with van der Waals surface area (Å²) in [4.78, 5) is 15.3. The smallest absolute Gasteiger partial charge is 0.138 e. The molecule has 0 aromatic heterocycles. The number of hydrogen-bond donors (Lipinski definition) is 1. The van der Waals surface area contributed by atoms with Crippen LogP contribution in [0, 0.1) is 33.9 Å². The maximum Gasteiger partial charge on any atom is 0.138 e. The lowest BCUT2D eigenvalue weighted by molar-refractivity contribution is -1.92. The Hall–Kier alpha value is -0.240. The predicted molar refractivity (Wildman–Crippen MR) is 73.5 cm³/mol. The van der Waals surface area contributed by atoms with Crippen LogP contribution < -0.4 is 14.0 Å². The van der Waals surface area contributed by atoms with Crippen LogP contribution in [0.2, 0.25) is 0 Å². The molecular formula is C16H26ClNO5. The van der Waals surface area contributed by atoms with Crippen molar-refractivity contribution in [1.82, 2.24) is 4.90 Å². The molecule has 5 atom stereocenters. The molecule has 1 spiro atoms. The van der Waals surface area contributed by atoms with E-state index in [0.717, 1.165) is 24.2 Å². The van der Waals surface area contributed by atoms with Crippen LogP contribution in [-0.2, 0) is 4.79 Å². The molecule has 0 radical (unpaired) electrons. The van der Waals surface area contributed by atoms with Crippen molar-refractivity contribution in [2.45, 2.75) is 57.4 Å². The average molecular weight is 348 g/mol. The van der Waals surface area contributed by atoms with E-state index >= 15 is 0 Å². The highest BCUT2D eigenvalue weighted by atomic mass is 35.7. The lowest BCUT2D eigenvalue weighted by atomic mass is 9.48. The lowest BCUT2D eigenvalue weighted by Crippen LogP contribution is -2.71. The van der Waals surface area contributed by atoms with Gasteiger partial charge in [-0.2, -0.15) is 14.0 Å². The molecule has 6 nitrogen and oxygen atoms in total. The minimum Gasteiger partial charge on any atom is -0.299 e. The predicted octanol–water partition coefficient (Wildman–Crippen LogP) is -1.26. The fourth-order valence-electron chi connectivity index (χ4n) is 6.18. The van der Waals surface area contributed by atoms with Crippen molar-refractivity contribution < 1.29 is 33.7 Å². The van der Waals surface area contributed by atoms with Gasteiger partial charge in [-0.25, -0.2) is 0 Å². The van der Waals surface area contributed by atoms with Crippen molar-refractivity contribution in [3.63, 3.8) is 0 Å². The summed E-state index contributed by atoms with van der Waals surface area (Å²) in [5.41, 5.74) is 0.314. The van der Waals surface area contributed by atoms with Crippen LogP contribution in [0.15, 0.2) is 0 Å². The van der Waals surface area contributed by atoms with Gasteiger partial charge < -0.3 is 0 Å². The topological polar surface area (TPSA) is 110 Å². The summed E-state index contributed by atoms with van der Waals surface area (Å²) in [6, 6.07) is 0. The van der Waals surface area contributed by atoms with Gasteiger partial charge in [-0.3, -0.25) is 9.69 Å². The van der Waals surface area contributed by atoms with E-state index in [9.17, 15) is 4.79 Å². The highest BCUT2D eigenvalue weighted by Crippen LogP contribution is 2.59. The fraction of sp³-hybridized carbons (Fsp3) is 0.938. The largest absolute Gasteiger partial charge is 0.299 e.